The summed E-state index contributed by atoms with van der Waals surface area (Å²) in [7, 11) is 0. The maximum atomic E-state index is 12.8. The summed E-state index contributed by atoms with van der Waals surface area (Å²) in [5, 5.41) is 2.96. The fraction of sp³-hybridized carbons (Fsp3) is 0.333. The maximum absolute atomic E-state index is 12.8. The fourth-order valence-corrected chi connectivity index (χ4v) is 3.99. The van der Waals surface area contributed by atoms with Crippen LogP contribution in [0.2, 0.25) is 0 Å². The number of carbonyl (C=O) groups excluding carboxylic acids is 2. The fourth-order valence-electron chi connectivity index (χ4n) is 3.99. The Morgan fingerprint density at radius 2 is 2.00 bits per heavy atom. The van der Waals surface area contributed by atoms with Crippen molar-refractivity contribution < 1.29 is 9.59 Å². The molecule has 0 saturated carbocycles. The molecule has 0 saturated heterocycles. The van der Waals surface area contributed by atoms with E-state index in [9.17, 15) is 9.59 Å². The van der Waals surface area contributed by atoms with Crippen molar-refractivity contribution in [2.45, 2.75) is 32.1 Å². The van der Waals surface area contributed by atoms with Crippen LogP contribution >= 0.6 is 12.4 Å². The van der Waals surface area contributed by atoms with Crippen molar-refractivity contribution in [3.8, 4) is 0 Å². The molecule has 2 aliphatic heterocycles. The van der Waals surface area contributed by atoms with E-state index < -0.39 is 0 Å². The Morgan fingerprint density at radius 3 is 2.85 bits per heavy atom. The van der Waals surface area contributed by atoms with Crippen LogP contribution in [0, 0.1) is 5.92 Å². The van der Waals surface area contributed by atoms with Crippen LogP contribution in [-0.4, -0.2) is 18.4 Å². The molecule has 0 bridgehead atoms. The molecule has 0 aliphatic carbocycles. The van der Waals surface area contributed by atoms with Gasteiger partial charge in [-0.25, -0.2) is 0 Å². The lowest BCUT2D eigenvalue weighted by Gasteiger charge is -2.31. The first-order chi connectivity index (χ1) is 12.6. The molecule has 2 heterocycles. The van der Waals surface area contributed by atoms with Gasteiger partial charge >= 0.3 is 0 Å². The zero-order valence-corrected chi connectivity index (χ0v) is 15.9. The molecular weight excluding hydrogens is 362 g/mol. The van der Waals surface area contributed by atoms with Crippen molar-refractivity contribution in [3.05, 3.63) is 53.6 Å². The van der Waals surface area contributed by atoms with Crippen LogP contribution in [0.5, 0.6) is 0 Å². The van der Waals surface area contributed by atoms with Gasteiger partial charge in [0.15, 0.2) is 0 Å². The van der Waals surface area contributed by atoms with Crippen LogP contribution in [0.25, 0.3) is 0 Å². The Morgan fingerprint density at radius 1 is 1.19 bits per heavy atom. The average Bonchev–Trinajstić information content (AvgIpc) is 2.66. The monoisotopic (exact) mass is 385 g/mol. The minimum Gasteiger partial charge on any atom is -0.398 e. The van der Waals surface area contributed by atoms with E-state index in [0.717, 1.165) is 47.6 Å². The predicted octanol–water partition coefficient (Wildman–Crippen LogP) is 3.56. The first kappa shape index (κ1) is 19.2. The Hall–Kier alpha value is -2.53. The van der Waals surface area contributed by atoms with E-state index in [0.29, 0.717) is 19.3 Å². The first-order valence-corrected chi connectivity index (χ1v) is 9.20. The molecule has 2 aliphatic rings. The Labute approximate surface area is 165 Å². The molecule has 0 aromatic heterocycles. The lowest BCUT2D eigenvalue weighted by Crippen LogP contribution is -2.37. The zero-order valence-electron chi connectivity index (χ0n) is 15.1. The number of fused-ring (bicyclic) bond motifs is 2. The van der Waals surface area contributed by atoms with E-state index in [4.69, 9.17) is 5.73 Å². The quantitative estimate of drug-likeness (QED) is 0.793. The first-order valence-electron chi connectivity index (χ1n) is 9.20. The molecule has 0 radical (unpaired) electrons. The largest absolute Gasteiger partial charge is 0.398 e. The summed E-state index contributed by atoms with van der Waals surface area (Å²) in [5.74, 6) is -0.0676. The minimum absolute atomic E-state index is 0. The molecule has 3 N–H and O–H groups in total. The summed E-state index contributed by atoms with van der Waals surface area (Å²) in [5.41, 5.74) is 10.8. The van der Waals surface area contributed by atoms with Gasteiger partial charge in [0.1, 0.15) is 0 Å². The SMILES string of the molecule is Cl.Nc1cccc2c1CCCN2C(=O)CCC1Cc2ccccc2NC1=O. The van der Waals surface area contributed by atoms with E-state index in [2.05, 4.69) is 5.32 Å². The van der Waals surface area contributed by atoms with Crippen LogP contribution in [0.1, 0.15) is 30.4 Å². The van der Waals surface area contributed by atoms with Crippen LogP contribution in [0.15, 0.2) is 42.5 Å². The summed E-state index contributed by atoms with van der Waals surface area (Å²) in [6.07, 6.45) is 3.46. The van der Waals surface area contributed by atoms with Gasteiger partial charge in [0.05, 0.1) is 0 Å². The molecule has 2 aromatic carbocycles. The predicted molar refractivity (Wildman–Crippen MR) is 110 cm³/mol. The summed E-state index contributed by atoms with van der Waals surface area (Å²) < 4.78 is 0. The van der Waals surface area contributed by atoms with Crippen molar-refractivity contribution in [2.24, 2.45) is 5.92 Å². The number of nitrogens with one attached hydrogen (secondary N) is 1. The average molecular weight is 386 g/mol. The molecule has 2 amide bonds. The summed E-state index contributed by atoms with van der Waals surface area (Å²) >= 11 is 0. The highest BCUT2D eigenvalue weighted by Crippen LogP contribution is 2.33. The van der Waals surface area contributed by atoms with Crippen molar-refractivity contribution >= 4 is 41.3 Å². The Bertz CT molecular complexity index is 868. The maximum Gasteiger partial charge on any atom is 0.227 e. The molecule has 6 heteroatoms. The van der Waals surface area contributed by atoms with Gasteiger partial charge in [-0.05, 0) is 55.0 Å². The Balaban J connectivity index is 0.00000210. The molecule has 1 unspecified atom stereocenters. The number of anilines is 3. The molecule has 142 valence electrons. The number of halogens is 1. The molecule has 4 rings (SSSR count). The van der Waals surface area contributed by atoms with E-state index in [1.807, 2.05) is 47.4 Å². The second-order valence-electron chi connectivity index (χ2n) is 7.08. The lowest BCUT2D eigenvalue weighted by molar-refractivity contribution is -0.121. The number of nitrogens with two attached hydrogens (primary N) is 1. The van der Waals surface area contributed by atoms with Crippen LogP contribution in [0.3, 0.4) is 0 Å². The van der Waals surface area contributed by atoms with E-state index >= 15 is 0 Å². The summed E-state index contributed by atoms with van der Waals surface area (Å²) in [6.45, 7) is 0.717. The highest BCUT2D eigenvalue weighted by Gasteiger charge is 2.28. The molecule has 2 aromatic rings. The standard InChI is InChI=1S/C21H23N3O2.ClH/c22-17-7-3-9-19-16(17)6-4-12-24(19)20(25)11-10-15-13-14-5-1-2-8-18(14)23-21(15)26;/h1-3,5,7-9,15H,4,6,10-13,22H2,(H,23,26);1H. The van der Waals surface area contributed by atoms with E-state index in [-0.39, 0.29) is 30.1 Å². The van der Waals surface area contributed by atoms with Crippen molar-refractivity contribution in [1.29, 1.82) is 0 Å². The molecule has 5 nitrogen and oxygen atoms in total. The van der Waals surface area contributed by atoms with Gasteiger partial charge < -0.3 is 16.0 Å². The van der Waals surface area contributed by atoms with Crippen LogP contribution < -0.4 is 16.0 Å². The van der Waals surface area contributed by atoms with Crippen molar-refractivity contribution in [3.63, 3.8) is 0 Å². The van der Waals surface area contributed by atoms with Gasteiger partial charge in [0, 0.05) is 35.9 Å². The van der Waals surface area contributed by atoms with Crippen LogP contribution in [-0.2, 0) is 22.4 Å². The van der Waals surface area contributed by atoms with Gasteiger partial charge in [-0.3, -0.25) is 9.59 Å². The number of para-hydroxylation sites is 1. The molecule has 1 atom stereocenters. The number of carbonyl (C=O) groups is 2. The number of nitrogens with zero attached hydrogens (tertiary/aromatic N) is 1. The minimum atomic E-state index is -0.154. The topological polar surface area (TPSA) is 75.4 Å². The summed E-state index contributed by atoms with van der Waals surface area (Å²) in [4.78, 5) is 27.0. The van der Waals surface area contributed by atoms with Gasteiger partial charge in [-0.1, -0.05) is 24.3 Å². The van der Waals surface area contributed by atoms with E-state index in [1.54, 1.807) is 0 Å². The van der Waals surface area contributed by atoms with Crippen molar-refractivity contribution in [1.82, 2.24) is 0 Å². The number of hydrogen-bond donors (Lipinski definition) is 2. The molecule has 27 heavy (non-hydrogen) atoms. The second kappa shape index (κ2) is 8.01. The smallest absolute Gasteiger partial charge is 0.227 e. The number of hydrogen-bond acceptors (Lipinski definition) is 3. The number of benzene rings is 2. The van der Waals surface area contributed by atoms with Crippen LogP contribution in [0.4, 0.5) is 17.1 Å². The molecular formula is C21H24ClN3O2. The second-order valence-corrected chi connectivity index (χ2v) is 7.08. The highest BCUT2D eigenvalue weighted by atomic mass is 35.5. The number of nitrogen functional groups attached to an aromatic ring is 1. The van der Waals surface area contributed by atoms with Gasteiger partial charge in [0.2, 0.25) is 11.8 Å². The Kier molecular flexibility index (Phi) is 5.71. The normalized spacial score (nSPS) is 18.0. The lowest BCUT2D eigenvalue weighted by atomic mass is 9.89. The summed E-state index contributed by atoms with van der Waals surface area (Å²) in [6, 6.07) is 13.6. The molecule has 0 spiro atoms. The van der Waals surface area contributed by atoms with Gasteiger partial charge in [0.25, 0.3) is 0 Å². The third-order valence-electron chi connectivity index (χ3n) is 5.41. The van der Waals surface area contributed by atoms with Crippen molar-refractivity contribution in [2.75, 3.05) is 22.5 Å². The third-order valence-corrected chi connectivity index (χ3v) is 5.41. The van der Waals surface area contributed by atoms with Gasteiger partial charge in [-0.15, -0.1) is 12.4 Å². The third kappa shape index (κ3) is 3.78. The number of rotatable bonds is 3. The number of amides is 2. The van der Waals surface area contributed by atoms with Gasteiger partial charge in [-0.2, -0.15) is 0 Å². The van der Waals surface area contributed by atoms with E-state index in [1.165, 1.54) is 0 Å². The molecule has 0 fully saturated rings. The highest BCUT2D eigenvalue weighted by molar-refractivity contribution is 5.98. The zero-order chi connectivity index (χ0) is 18.1.